The van der Waals surface area contributed by atoms with Gasteiger partial charge in [-0.25, -0.2) is 0 Å². The molecule has 5 rings (SSSR count). The minimum Gasteiger partial charge on any atom is -0.496 e. The summed E-state index contributed by atoms with van der Waals surface area (Å²) in [4.78, 5) is 27.4. The van der Waals surface area contributed by atoms with E-state index in [4.69, 9.17) is 30.5 Å². The van der Waals surface area contributed by atoms with E-state index in [0.29, 0.717) is 41.0 Å². The lowest BCUT2D eigenvalue weighted by Gasteiger charge is -2.38. The SMILES string of the molecule is COc1cc(OC)c2c(c1Cl)O[C@]1(C2=O)C2=C(C[C@](CCBr)(c3ccccc3)O2)C(=O)C[C@H]1C. The van der Waals surface area contributed by atoms with Crippen molar-refractivity contribution in [3.63, 3.8) is 0 Å². The summed E-state index contributed by atoms with van der Waals surface area (Å²) in [5, 5.41) is 0.841. The van der Waals surface area contributed by atoms with E-state index in [2.05, 4.69) is 15.9 Å². The first kappa shape index (κ1) is 23.2. The lowest BCUT2D eigenvalue weighted by atomic mass is 9.72. The second-order valence-electron chi connectivity index (χ2n) is 8.88. The maximum absolute atomic E-state index is 14.1. The molecule has 0 radical (unpaired) electrons. The molecule has 2 aromatic carbocycles. The summed E-state index contributed by atoms with van der Waals surface area (Å²) < 4.78 is 24.0. The fourth-order valence-corrected chi connectivity index (χ4v) is 6.27. The van der Waals surface area contributed by atoms with Gasteiger partial charge in [-0.15, -0.1) is 0 Å². The summed E-state index contributed by atoms with van der Waals surface area (Å²) in [6.07, 6.45) is 1.14. The predicted molar refractivity (Wildman–Crippen MR) is 130 cm³/mol. The van der Waals surface area contributed by atoms with Gasteiger partial charge in [0.1, 0.15) is 27.7 Å². The maximum atomic E-state index is 14.1. The highest BCUT2D eigenvalue weighted by Gasteiger charge is 2.65. The number of hydrogen-bond donors (Lipinski definition) is 0. The Bertz CT molecular complexity index is 1230. The summed E-state index contributed by atoms with van der Waals surface area (Å²) in [5.41, 5.74) is -0.599. The van der Waals surface area contributed by atoms with Crippen LogP contribution in [0.4, 0.5) is 0 Å². The minimum absolute atomic E-state index is 0.0245. The van der Waals surface area contributed by atoms with Crippen molar-refractivity contribution in [2.24, 2.45) is 5.92 Å². The largest absolute Gasteiger partial charge is 0.496 e. The van der Waals surface area contributed by atoms with Gasteiger partial charge >= 0.3 is 0 Å². The lowest BCUT2D eigenvalue weighted by Crippen LogP contribution is -2.52. The number of hydrogen-bond acceptors (Lipinski definition) is 6. The maximum Gasteiger partial charge on any atom is 0.231 e. The number of halogens is 2. The van der Waals surface area contributed by atoms with Crippen LogP contribution < -0.4 is 14.2 Å². The van der Waals surface area contributed by atoms with Gasteiger partial charge in [0.25, 0.3) is 0 Å². The zero-order valence-electron chi connectivity index (χ0n) is 19.1. The lowest BCUT2D eigenvalue weighted by molar-refractivity contribution is -0.119. The number of Topliss-reactive ketones (excluding diaryl/α,β-unsaturated/α-hetero) is 2. The molecule has 0 unspecified atom stereocenters. The van der Waals surface area contributed by atoms with Crippen LogP contribution in [0.5, 0.6) is 17.2 Å². The Hall–Kier alpha value is -2.51. The average molecular weight is 548 g/mol. The number of rotatable bonds is 5. The summed E-state index contributed by atoms with van der Waals surface area (Å²) in [7, 11) is 2.96. The van der Waals surface area contributed by atoms with Gasteiger partial charge in [0, 0.05) is 42.1 Å². The molecule has 3 atom stereocenters. The van der Waals surface area contributed by atoms with Crippen molar-refractivity contribution in [3.05, 3.63) is 63.9 Å². The van der Waals surface area contributed by atoms with E-state index in [0.717, 1.165) is 5.56 Å². The van der Waals surface area contributed by atoms with Crippen LogP contribution in [-0.4, -0.2) is 36.7 Å². The predicted octanol–water partition coefficient (Wildman–Crippen LogP) is 5.63. The van der Waals surface area contributed by atoms with Gasteiger partial charge in [0.05, 0.1) is 14.2 Å². The van der Waals surface area contributed by atoms with Crippen LogP contribution in [0.1, 0.15) is 42.1 Å². The zero-order chi connectivity index (χ0) is 24.3. The highest BCUT2D eigenvalue weighted by atomic mass is 79.9. The van der Waals surface area contributed by atoms with Gasteiger partial charge < -0.3 is 18.9 Å². The number of carbonyl (C=O) groups excluding carboxylic acids is 2. The second-order valence-corrected chi connectivity index (χ2v) is 10.1. The first-order chi connectivity index (χ1) is 16.3. The number of fused-ring (bicyclic) bond motifs is 2. The second kappa shape index (κ2) is 8.31. The third kappa shape index (κ3) is 3.06. The van der Waals surface area contributed by atoms with Crippen molar-refractivity contribution in [3.8, 4) is 17.2 Å². The quantitative estimate of drug-likeness (QED) is 0.452. The fourth-order valence-electron chi connectivity index (χ4n) is 5.37. The van der Waals surface area contributed by atoms with Crippen molar-refractivity contribution in [2.75, 3.05) is 19.5 Å². The van der Waals surface area contributed by atoms with E-state index in [-0.39, 0.29) is 34.3 Å². The Morgan fingerprint density at radius 1 is 1.12 bits per heavy atom. The molecule has 1 aliphatic carbocycles. The zero-order valence-corrected chi connectivity index (χ0v) is 21.4. The van der Waals surface area contributed by atoms with E-state index in [1.165, 1.54) is 14.2 Å². The Morgan fingerprint density at radius 2 is 1.82 bits per heavy atom. The Balaban J connectivity index is 1.69. The molecule has 0 fully saturated rings. The van der Waals surface area contributed by atoms with Crippen LogP contribution in [0, 0.1) is 5.92 Å². The summed E-state index contributed by atoms with van der Waals surface area (Å²) in [6, 6.07) is 11.4. The molecule has 1 spiro atoms. The highest BCUT2D eigenvalue weighted by molar-refractivity contribution is 9.09. The average Bonchev–Trinajstić information content (AvgIpc) is 3.38. The Kier molecular flexibility index (Phi) is 5.68. The van der Waals surface area contributed by atoms with Crippen LogP contribution >= 0.6 is 27.5 Å². The molecule has 2 heterocycles. The smallest absolute Gasteiger partial charge is 0.231 e. The molecule has 0 saturated carbocycles. The van der Waals surface area contributed by atoms with Gasteiger partial charge in [-0.3, -0.25) is 9.59 Å². The molecule has 178 valence electrons. The molecular formula is C26H24BrClO6. The summed E-state index contributed by atoms with van der Waals surface area (Å²) >= 11 is 10.1. The minimum atomic E-state index is -1.50. The van der Waals surface area contributed by atoms with Crippen LogP contribution in [0.15, 0.2) is 47.7 Å². The van der Waals surface area contributed by atoms with Crippen LogP contribution in [0.2, 0.25) is 5.02 Å². The standard InChI is InChI=1S/C26H24BrClO6/c1-14-11-17(29)16-13-25(9-10-27,15-7-5-4-6-8-15)34-24(16)26(14)23(30)20-18(31-2)12-19(32-3)21(28)22(20)33-26/h4-8,12,14H,9-11,13H2,1-3H3/t14-,25-,26-/m1/s1. The van der Waals surface area contributed by atoms with E-state index < -0.39 is 17.1 Å². The molecule has 0 aromatic heterocycles. The van der Waals surface area contributed by atoms with Gasteiger partial charge in [-0.05, 0) is 5.56 Å². The molecule has 6 nitrogen and oxygen atoms in total. The van der Waals surface area contributed by atoms with Crippen molar-refractivity contribution in [1.82, 2.24) is 0 Å². The van der Waals surface area contributed by atoms with Crippen LogP contribution in [0.3, 0.4) is 0 Å². The van der Waals surface area contributed by atoms with Crippen molar-refractivity contribution in [2.45, 2.75) is 37.4 Å². The van der Waals surface area contributed by atoms with E-state index in [1.807, 2.05) is 37.3 Å². The number of methoxy groups -OCH3 is 2. The molecule has 2 aliphatic heterocycles. The Morgan fingerprint density at radius 3 is 2.47 bits per heavy atom. The van der Waals surface area contributed by atoms with E-state index in [1.54, 1.807) is 6.07 Å². The monoisotopic (exact) mass is 546 g/mol. The first-order valence-electron chi connectivity index (χ1n) is 11.1. The van der Waals surface area contributed by atoms with Crippen LogP contribution in [0.25, 0.3) is 0 Å². The number of ether oxygens (including phenoxy) is 4. The van der Waals surface area contributed by atoms with Crippen LogP contribution in [-0.2, 0) is 15.1 Å². The first-order valence-corrected chi connectivity index (χ1v) is 12.6. The van der Waals surface area contributed by atoms with Gasteiger partial charge in [0.15, 0.2) is 17.3 Å². The van der Waals surface area contributed by atoms with Gasteiger partial charge in [0.2, 0.25) is 11.4 Å². The van der Waals surface area contributed by atoms with Crippen molar-refractivity contribution in [1.29, 1.82) is 0 Å². The highest BCUT2D eigenvalue weighted by Crippen LogP contribution is 2.59. The molecule has 0 bridgehead atoms. The molecule has 34 heavy (non-hydrogen) atoms. The normalized spacial score (nSPS) is 27.4. The van der Waals surface area contributed by atoms with Gasteiger partial charge in [-0.1, -0.05) is 64.8 Å². The number of carbonyl (C=O) groups is 2. The van der Waals surface area contributed by atoms with E-state index >= 15 is 0 Å². The number of ketones is 2. The molecule has 0 N–H and O–H groups in total. The fraction of sp³-hybridized carbons (Fsp3) is 0.385. The third-order valence-corrected chi connectivity index (χ3v) is 7.86. The number of benzene rings is 2. The topological polar surface area (TPSA) is 71.1 Å². The molecule has 0 amide bonds. The summed E-state index contributed by atoms with van der Waals surface area (Å²) in [6.45, 7) is 1.83. The summed E-state index contributed by atoms with van der Waals surface area (Å²) in [5.74, 6) is 0.304. The molecule has 0 saturated heterocycles. The van der Waals surface area contributed by atoms with E-state index in [9.17, 15) is 9.59 Å². The molecular weight excluding hydrogens is 524 g/mol. The third-order valence-electron chi connectivity index (χ3n) is 7.11. The molecule has 2 aromatic rings. The molecule has 8 heteroatoms. The van der Waals surface area contributed by atoms with Gasteiger partial charge in [-0.2, -0.15) is 0 Å². The van der Waals surface area contributed by atoms with Crippen molar-refractivity contribution >= 4 is 39.1 Å². The molecule has 3 aliphatic rings. The number of alkyl halides is 1. The Labute approximate surface area is 211 Å². The van der Waals surface area contributed by atoms with Crippen molar-refractivity contribution < 1.29 is 28.5 Å².